The minimum atomic E-state index is 0.571. The molecule has 112 valence electrons. The highest BCUT2D eigenvalue weighted by molar-refractivity contribution is 9.10. The van der Waals surface area contributed by atoms with Crippen molar-refractivity contribution in [2.24, 2.45) is 0 Å². The Hall–Kier alpha value is -2.24. The van der Waals surface area contributed by atoms with Crippen molar-refractivity contribution in [3.8, 4) is 22.3 Å². The predicted molar refractivity (Wildman–Crippen MR) is 97.1 cm³/mol. The highest BCUT2D eigenvalue weighted by Crippen LogP contribution is 2.31. The van der Waals surface area contributed by atoms with Gasteiger partial charge in [-0.05, 0) is 47.8 Å². The maximum atomic E-state index is 6.02. The highest BCUT2D eigenvalue weighted by atomic mass is 79.9. The molecule has 0 fully saturated rings. The van der Waals surface area contributed by atoms with Crippen LogP contribution in [0.3, 0.4) is 0 Å². The molecule has 2 aromatic heterocycles. The van der Waals surface area contributed by atoms with Gasteiger partial charge in [0.2, 0.25) is 5.88 Å². The molecule has 0 aliphatic heterocycles. The largest absolute Gasteiger partial charge is 0.438 e. The Morgan fingerprint density at radius 3 is 2.48 bits per heavy atom. The van der Waals surface area contributed by atoms with E-state index in [1.54, 1.807) is 11.3 Å². The molecule has 0 unspecified atom stereocenters. The zero-order chi connectivity index (χ0) is 15.6. The monoisotopic (exact) mass is 382 g/mol. The number of rotatable bonds is 3. The number of aromatic nitrogens is 2. The maximum absolute atomic E-state index is 6.02. The lowest BCUT2D eigenvalue weighted by Gasteiger charge is -2.09. The number of fused-ring (bicyclic) bond motifs is 1. The van der Waals surface area contributed by atoms with Gasteiger partial charge in [0, 0.05) is 4.47 Å². The van der Waals surface area contributed by atoms with Gasteiger partial charge in [-0.25, -0.2) is 4.98 Å². The van der Waals surface area contributed by atoms with Gasteiger partial charge in [-0.15, -0.1) is 11.3 Å². The van der Waals surface area contributed by atoms with Crippen LogP contribution >= 0.6 is 27.3 Å². The van der Waals surface area contributed by atoms with Crippen LogP contribution < -0.4 is 4.74 Å². The lowest BCUT2D eigenvalue weighted by atomic mass is 10.2. The summed E-state index contributed by atoms with van der Waals surface area (Å²) in [6.07, 6.45) is 0. The molecule has 0 radical (unpaired) electrons. The summed E-state index contributed by atoms with van der Waals surface area (Å²) in [5.41, 5.74) is 0.873. The topological polar surface area (TPSA) is 35.0 Å². The third-order valence-corrected chi connectivity index (χ3v) is 4.73. The van der Waals surface area contributed by atoms with Crippen LogP contribution in [0.5, 0.6) is 11.6 Å². The number of para-hydroxylation sites is 1. The van der Waals surface area contributed by atoms with Crippen LogP contribution in [0.2, 0.25) is 0 Å². The van der Waals surface area contributed by atoms with Gasteiger partial charge in [0.1, 0.15) is 5.75 Å². The molecule has 2 heterocycles. The Balaban J connectivity index is 1.84. The van der Waals surface area contributed by atoms with Gasteiger partial charge in [0.25, 0.3) is 0 Å². The van der Waals surface area contributed by atoms with Crippen molar-refractivity contribution in [3.63, 3.8) is 0 Å². The Bertz CT molecular complexity index is 953. The lowest BCUT2D eigenvalue weighted by Crippen LogP contribution is -1.95. The number of thiophene rings is 1. The van der Waals surface area contributed by atoms with Crippen molar-refractivity contribution in [1.29, 1.82) is 0 Å². The standard InChI is InChI=1S/C18H11BrN2OS/c19-12-7-9-13(10-8-12)22-18-14-4-1-2-5-15(14)20-17(21-18)16-6-3-11-23-16/h1-11H. The average molecular weight is 383 g/mol. The maximum Gasteiger partial charge on any atom is 0.230 e. The molecule has 2 aromatic carbocycles. The number of ether oxygens (including phenoxy) is 1. The average Bonchev–Trinajstić information content (AvgIpc) is 3.11. The Kier molecular flexibility index (Phi) is 3.81. The molecule has 5 heteroatoms. The van der Waals surface area contributed by atoms with Crippen molar-refractivity contribution in [3.05, 3.63) is 70.5 Å². The Morgan fingerprint density at radius 2 is 1.70 bits per heavy atom. The molecule has 4 rings (SSSR count). The van der Waals surface area contributed by atoms with Gasteiger partial charge in [-0.2, -0.15) is 4.98 Å². The molecule has 0 aliphatic carbocycles. The van der Waals surface area contributed by atoms with Crippen LogP contribution in [0.4, 0.5) is 0 Å². The van der Waals surface area contributed by atoms with E-state index in [9.17, 15) is 0 Å². The van der Waals surface area contributed by atoms with E-state index in [2.05, 4.69) is 25.9 Å². The van der Waals surface area contributed by atoms with Gasteiger partial charge in [0.15, 0.2) is 5.82 Å². The predicted octanol–water partition coefficient (Wildman–Crippen LogP) is 5.91. The number of hydrogen-bond donors (Lipinski definition) is 0. The summed E-state index contributed by atoms with van der Waals surface area (Å²) in [5.74, 6) is 2.00. The van der Waals surface area contributed by atoms with E-state index in [-0.39, 0.29) is 0 Å². The molecule has 23 heavy (non-hydrogen) atoms. The highest BCUT2D eigenvalue weighted by Gasteiger charge is 2.11. The number of halogens is 1. The quantitative estimate of drug-likeness (QED) is 0.441. The summed E-state index contributed by atoms with van der Waals surface area (Å²) in [5, 5.41) is 2.92. The first-order chi connectivity index (χ1) is 11.3. The van der Waals surface area contributed by atoms with Crippen molar-refractivity contribution in [2.75, 3.05) is 0 Å². The molecule has 0 N–H and O–H groups in total. The van der Waals surface area contributed by atoms with Gasteiger partial charge in [0.05, 0.1) is 15.8 Å². The normalized spacial score (nSPS) is 10.8. The molecular formula is C18H11BrN2OS. The number of nitrogens with zero attached hydrogens (tertiary/aromatic N) is 2. The van der Waals surface area contributed by atoms with Crippen LogP contribution in [0, 0.1) is 0 Å². The van der Waals surface area contributed by atoms with Gasteiger partial charge < -0.3 is 4.74 Å². The minimum Gasteiger partial charge on any atom is -0.438 e. The van der Waals surface area contributed by atoms with Crippen LogP contribution in [-0.2, 0) is 0 Å². The molecule has 0 spiro atoms. The second-order valence-corrected chi connectivity index (χ2v) is 6.77. The van der Waals surface area contributed by atoms with E-state index in [0.717, 1.165) is 26.0 Å². The smallest absolute Gasteiger partial charge is 0.230 e. The molecule has 0 amide bonds. The lowest BCUT2D eigenvalue weighted by molar-refractivity contribution is 0.469. The molecule has 0 saturated heterocycles. The molecule has 0 atom stereocenters. The molecule has 3 nitrogen and oxygen atoms in total. The summed E-state index contributed by atoms with van der Waals surface area (Å²) >= 11 is 5.04. The number of hydrogen-bond acceptors (Lipinski definition) is 4. The second kappa shape index (κ2) is 6.10. The second-order valence-electron chi connectivity index (χ2n) is 4.90. The van der Waals surface area contributed by atoms with Crippen molar-refractivity contribution in [1.82, 2.24) is 9.97 Å². The first-order valence-corrected chi connectivity index (χ1v) is 8.71. The first kappa shape index (κ1) is 14.4. The van der Waals surface area contributed by atoms with Gasteiger partial charge in [-0.1, -0.05) is 34.1 Å². The first-order valence-electron chi connectivity index (χ1n) is 7.04. The van der Waals surface area contributed by atoms with E-state index in [1.807, 2.05) is 66.0 Å². The number of benzene rings is 2. The van der Waals surface area contributed by atoms with Crippen LogP contribution in [0.25, 0.3) is 21.6 Å². The van der Waals surface area contributed by atoms with E-state index in [0.29, 0.717) is 11.7 Å². The third kappa shape index (κ3) is 2.98. The zero-order valence-electron chi connectivity index (χ0n) is 11.9. The van der Waals surface area contributed by atoms with Crippen molar-refractivity contribution < 1.29 is 4.74 Å². The molecule has 0 saturated carbocycles. The van der Waals surface area contributed by atoms with Crippen LogP contribution in [0.1, 0.15) is 0 Å². The fraction of sp³-hybridized carbons (Fsp3) is 0. The molecular weight excluding hydrogens is 372 g/mol. The molecule has 0 bridgehead atoms. The summed E-state index contributed by atoms with van der Waals surface area (Å²) in [7, 11) is 0. The van der Waals surface area contributed by atoms with Gasteiger partial charge in [-0.3, -0.25) is 0 Å². The SMILES string of the molecule is Brc1ccc(Oc2nc(-c3cccs3)nc3ccccc23)cc1. The fourth-order valence-electron chi connectivity index (χ4n) is 2.26. The van der Waals surface area contributed by atoms with Gasteiger partial charge >= 0.3 is 0 Å². The minimum absolute atomic E-state index is 0.571. The van der Waals surface area contributed by atoms with Crippen LogP contribution in [-0.4, -0.2) is 9.97 Å². The molecule has 0 aliphatic rings. The fourth-order valence-corrected chi connectivity index (χ4v) is 3.18. The van der Waals surface area contributed by atoms with Crippen LogP contribution in [0.15, 0.2) is 70.5 Å². The van der Waals surface area contributed by atoms with Crippen molar-refractivity contribution >= 4 is 38.2 Å². The van der Waals surface area contributed by atoms with Crippen molar-refractivity contribution in [2.45, 2.75) is 0 Å². The zero-order valence-corrected chi connectivity index (χ0v) is 14.3. The van der Waals surface area contributed by atoms with E-state index >= 15 is 0 Å². The Morgan fingerprint density at radius 1 is 0.870 bits per heavy atom. The third-order valence-electron chi connectivity index (χ3n) is 3.34. The summed E-state index contributed by atoms with van der Waals surface area (Å²) in [6, 6.07) is 19.6. The Labute approximate surface area is 145 Å². The molecule has 4 aromatic rings. The van der Waals surface area contributed by atoms with E-state index < -0.39 is 0 Å². The van der Waals surface area contributed by atoms with E-state index in [1.165, 1.54) is 0 Å². The summed E-state index contributed by atoms with van der Waals surface area (Å²) < 4.78 is 7.03. The summed E-state index contributed by atoms with van der Waals surface area (Å²) in [6.45, 7) is 0. The summed E-state index contributed by atoms with van der Waals surface area (Å²) in [4.78, 5) is 10.3. The van der Waals surface area contributed by atoms with E-state index in [4.69, 9.17) is 4.74 Å².